The van der Waals surface area contributed by atoms with E-state index in [1.807, 2.05) is 13.0 Å². The third kappa shape index (κ3) is 4.18. The van der Waals surface area contributed by atoms with Crippen molar-refractivity contribution in [1.82, 2.24) is 5.32 Å². The highest BCUT2D eigenvalue weighted by Crippen LogP contribution is 2.28. The van der Waals surface area contributed by atoms with E-state index in [1.165, 1.54) is 12.8 Å². The average molecular weight is 272 g/mol. The zero-order chi connectivity index (χ0) is 12.3. The van der Waals surface area contributed by atoms with Crippen molar-refractivity contribution in [1.29, 1.82) is 0 Å². The van der Waals surface area contributed by atoms with Crippen LogP contribution in [0.1, 0.15) is 25.3 Å². The molecular weight excluding hydrogens is 254 g/mol. The number of rotatable bonds is 6. The van der Waals surface area contributed by atoms with Crippen LogP contribution in [-0.2, 0) is 6.54 Å². The maximum Gasteiger partial charge on any atom is 0.0550 e. The number of hydrogen-bond donors (Lipinski definition) is 2. The molecule has 2 N–H and O–H groups in total. The Labute approximate surface area is 112 Å². The molecule has 4 heteroatoms. The Morgan fingerprint density at radius 1 is 1.53 bits per heavy atom. The SMILES string of the molecule is CC(CO)Sc1ccc(CNC2CC2)c(Cl)c1. The molecule has 0 bridgehead atoms. The zero-order valence-corrected chi connectivity index (χ0v) is 11.5. The minimum atomic E-state index is 0.188. The molecule has 1 saturated carbocycles. The van der Waals surface area contributed by atoms with E-state index in [9.17, 15) is 0 Å². The molecule has 2 nitrogen and oxygen atoms in total. The van der Waals surface area contributed by atoms with Crippen LogP contribution in [-0.4, -0.2) is 23.0 Å². The lowest BCUT2D eigenvalue weighted by molar-refractivity contribution is 0.300. The molecule has 1 aromatic carbocycles. The summed E-state index contributed by atoms with van der Waals surface area (Å²) in [5.41, 5.74) is 1.15. The summed E-state index contributed by atoms with van der Waals surface area (Å²) in [4.78, 5) is 1.12. The van der Waals surface area contributed by atoms with Gasteiger partial charge in [0.05, 0.1) is 6.61 Å². The van der Waals surface area contributed by atoms with E-state index in [0.29, 0.717) is 6.04 Å². The molecule has 1 atom stereocenters. The van der Waals surface area contributed by atoms with Crippen LogP contribution in [0, 0.1) is 0 Å². The standard InChI is InChI=1S/C13H18ClNOS/c1-9(8-16)17-12-5-2-10(13(14)6-12)7-15-11-3-4-11/h2,5-6,9,11,15-16H,3-4,7-8H2,1H3. The quantitative estimate of drug-likeness (QED) is 0.780. The minimum absolute atomic E-state index is 0.188. The van der Waals surface area contributed by atoms with Gasteiger partial charge in [0.25, 0.3) is 0 Å². The van der Waals surface area contributed by atoms with Gasteiger partial charge in [-0.25, -0.2) is 0 Å². The van der Waals surface area contributed by atoms with Crippen LogP contribution in [0.2, 0.25) is 5.02 Å². The van der Waals surface area contributed by atoms with Crippen LogP contribution in [0.15, 0.2) is 23.1 Å². The number of nitrogens with one attached hydrogen (secondary N) is 1. The Balaban J connectivity index is 1.94. The molecule has 0 spiro atoms. The molecule has 1 aliphatic carbocycles. The predicted octanol–water partition coefficient (Wildman–Crippen LogP) is 3.06. The molecule has 17 heavy (non-hydrogen) atoms. The van der Waals surface area contributed by atoms with Crippen LogP contribution in [0.25, 0.3) is 0 Å². The molecule has 1 aliphatic rings. The molecule has 0 radical (unpaired) electrons. The molecule has 0 aromatic heterocycles. The first-order valence-electron chi connectivity index (χ1n) is 5.98. The molecule has 0 amide bonds. The van der Waals surface area contributed by atoms with E-state index in [0.717, 1.165) is 22.0 Å². The summed E-state index contributed by atoms with van der Waals surface area (Å²) in [5.74, 6) is 0. The summed E-state index contributed by atoms with van der Waals surface area (Å²) in [7, 11) is 0. The van der Waals surface area contributed by atoms with Gasteiger partial charge in [-0.1, -0.05) is 24.6 Å². The number of thioether (sulfide) groups is 1. The number of benzene rings is 1. The van der Waals surface area contributed by atoms with Crippen LogP contribution in [0.3, 0.4) is 0 Å². The van der Waals surface area contributed by atoms with Crippen LogP contribution >= 0.6 is 23.4 Å². The molecule has 94 valence electrons. The lowest BCUT2D eigenvalue weighted by atomic mass is 10.2. The van der Waals surface area contributed by atoms with Crippen molar-refractivity contribution >= 4 is 23.4 Å². The fraction of sp³-hybridized carbons (Fsp3) is 0.538. The van der Waals surface area contributed by atoms with Gasteiger partial charge in [-0.15, -0.1) is 11.8 Å². The van der Waals surface area contributed by atoms with Gasteiger partial charge in [0.15, 0.2) is 0 Å². The number of halogens is 1. The third-order valence-electron chi connectivity index (χ3n) is 2.78. The highest BCUT2D eigenvalue weighted by molar-refractivity contribution is 8.00. The van der Waals surface area contributed by atoms with Crippen LogP contribution in [0.4, 0.5) is 0 Å². The topological polar surface area (TPSA) is 32.3 Å². The summed E-state index contributed by atoms with van der Waals surface area (Å²) in [6.45, 7) is 3.04. The first-order valence-corrected chi connectivity index (χ1v) is 7.24. The average Bonchev–Trinajstić information content (AvgIpc) is 3.12. The second-order valence-corrected chi connectivity index (χ2v) is 6.44. The summed E-state index contributed by atoms with van der Waals surface area (Å²) >= 11 is 7.89. The van der Waals surface area contributed by atoms with Crippen molar-refractivity contribution < 1.29 is 5.11 Å². The maximum absolute atomic E-state index is 9.01. The Bertz CT molecular complexity index is 382. The van der Waals surface area contributed by atoms with E-state index in [1.54, 1.807) is 11.8 Å². The molecule has 0 heterocycles. The van der Waals surface area contributed by atoms with E-state index in [-0.39, 0.29) is 11.9 Å². The number of hydrogen-bond acceptors (Lipinski definition) is 3. The van der Waals surface area contributed by atoms with Crippen molar-refractivity contribution in [3.05, 3.63) is 28.8 Å². The first-order chi connectivity index (χ1) is 8.19. The van der Waals surface area contributed by atoms with Crippen molar-refractivity contribution in [3.8, 4) is 0 Å². The number of aliphatic hydroxyl groups excluding tert-OH is 1. The van der Waals surface area contributed by atoms with Crippen molar-refractivity contribution in [3.63, 3.8) is 0 Å². The number of aliphatic hydroxyl groups is 1. The van der Waals surface area contributed by atoms with Gasteiger partial charge < -0.3 is 10.4 Å². The Morgan fingerprint density at radius 2 is 2.29 bits per heavy atom. The summed E-state index contributed by atoms with van der Waals surface area (Å²) in [6, 6.07) is 6.84. The molecular formula is C13H18ClNOS. The molecule has 2 rings (SSSR count). The van der Waals surface area contributed by atoms with E-state index in [4.69, 9.17) is 16.7 Å². The fourth-order valence-corrected chi connectivity index (χ4v) is 2.74. The molecule has 0 aliphatic heterocycles. The van der Waals surface area contributed by atoms with Crippen LogP contribution < -0.4 is 5.32 Å². The first kappa shape index (κ1) is 13.2. The van der Waals surface area contributed by atoms with E-state index < -0.39 is 0 Å². The Hall–Kier alpha value is -0.220. The lowest BCUT2D eigenvalue weighted by Crippen LogP contribution is -2.15. The van der Waals surface area contributed by atoms with Crippen molar-refractivity contribution in [2.24, 2.45) is 0 Å². The second kappa shape index (κ2) is 6.10. The summed E-state index contributed by atoms with van der Waals surface area (Å²) in [5, 5.41) is 13.5. The molecule has 1 unspecified atom stereocenters. The summed E-state index contributed by atoms with van der Waals surface area (Å²) in [6.07, 6.45) is 2.58. The van der Waals surface area contributed by atoms with Gasteiger partial charge in [0, 0.05) is 27.8 Å². The Kier molecular flexibility index (Phi) is 4.74. The Morgan fingerprint density at radius 3 is 2.88 bits per heavy atom. The van der Waals surface area contributed by atoms with Gasteiger partial charge in [0.1, 0.15) is 0 Å². The summed E-state index contributed by atoms with van der Waals surface area (Å²) < 4.78 is 0. The van der Waals surface area contributed by atoms with Crippen molar-refractivity contribution in [2.45, 2.75) is 42.5 Å². The van der Waals surface area contributed by atoms with Gasteiger partial charge in [-0.2, -0.15) is 0 Å². The smallest absolute Gasteiger partial charge is 0.0550 e. The van der Waals surface area contributed by atoms with E-state index in [2.05, 4.69) is 17.4 Å². The molecule has 1 fully saturated rings. The maximum atomic E-state index is 9.01. The van der Waals surface area contributed by atoms with E-state index >= 15 is 0 Å². The monoisotopic (exact) mass is 271 g/mol. The zero-order valence-electron chi connectivity index (χ0n) is 9.95. The largest absolute Gasteiger partial charge is 0.395 e. The van der Waals surface area contributed by atoms with Gasteiger partial charge >= 0.3 is 0 Å². The lowest BCUT2D eigenvalue weighted by Gasteiger charge is -2.10. The highest BCUT2D eigenvalue weighted by Gasteiger charge is 2.20. The molecule has 1 aromatic rings. The van der Waals surface area contributed by atoms with Crippen molar-refractivity contribution in [2.75, 3.05) is 6.61 Å². The highest BCUT2D eigenvalue weighted by atomic mass is 35.5. The van der Waals surface area contributed by atoms with Gasteiger partial charge in [-0.05, 0) is 30.5 Å². The fourth-order valence-electron chi connectivity index (χ4n) is 1.56. The van der Waals surface area contributed by atoms with Gasteiger partial charge in [-0.3, -0.25) is 0 Å². The third-order valence-corrected chi connectivity index (χ3v) is 4.21. The second-order valence-electron chi connectivity index (χ2n) is 4.52. The normalized spacial score (nSPS) is 17.1. The minimum Gasteiger partial charge on any atom is -0.395 e. The van der Waals surface area contributed by atoms with Crippen LogP contribution in [0.5, 0.6) is 0 Å². The molecule has 0 saturated heterocycles. The van der Waals surface area contributed by atoms with Gasteiger partial charge in [0.2, 0.25) is 0 Å². The predicted molar refractivity (Wildman–Crippen MR) is 73.7 cm³/mol.